The summed E-state index contributed by atoms with van der Waals surface area (Å²) in [6.45, 7) is 8.92. The predicted molar refractivity (Wildman–Crippen MR) is 89.1 cm³/mol. The van der Waals surface area contributed by atoms with Crippen LogP contribution in [0.15, 0.2) is 18.2 Å². The molecule has 1 fully saturated rings. The number of anilines is 1. The molecule has 2 atom stereocenters. The first kappa shape index (κ1) is 16.1. The van der Waals surface area contributed by atoms with Gasteiger partial charge in [0.05, 0.1) is 4.92 Å². The number of nitrogens with one attached hydrogen (secondary N) is 1. The van der Waals surface area contributed by atoms with Gasteiger partial charge in [-0.3, -0.25) is 15.0 Å². The van der Waals surface area contributed by atoms with Crippen LogP contribution in [0.25, 0.3) is 0 Å². The van der Waals surface area contributed by atoms with Gasteiger partial charge in [-0.2, -0.15) is 11.8 Å². The largest absolute Gasteiger partial charge is 0.380 e. The van der Waals surface area contributed by atoms with Crippen LogP contribution in [-0.4, -0.2) is 40.0 Å². The first-order valence-corrected chi connectivity index (χ1v) is 8.45. The molecule has 1 N–H and O–H groups in total. The summed E-state index contributed by atoms with van der Waals surface area (Å²) in [5, 5.41) is 15.0. The normalized spacial score (nSPS) is 23.0. The predicted octanol–water partition coefficient (Wildman–Crippen LogP) is 3.35. The second-order valence-corrected chi connectivity index (χ2v) is 6.87. The highest BCUT2D eigenvalue weighted by Gasteiger charge is 2.27. The lowest BCUT2D eigenvalue weighted by molar-refractivity contribution is -0.384. The van der Waals surface area contributed by atoms with Gasteiger partial charge >= 0.3 is 0 Å². The van der Waals surface area contributed by atoms with Crippen LogP contribution in [0.4, 0.5) is 11.4 Å². The third kappa shape index (κ3) is 3.68. The molecule has 2 rings (SSSR count). The second kappa shape index (κ2) is 7.13. The molecule has 0 amide bonds. The van der Waals surface area contributed by atoms with Crippen molar-refractivity contribution in [3.63, 3.8) is 0 Å². The summed E-state index contributed by atoms with van der Waals surface area (Å²) in [4.78, 5) is 13.3. The van der Waals surface area contributed by atoms with Crippen LogP contribution in [0.5, 0.6) is 0 Å². The zero-order valence-corrected chi connectivity index (χ0v) is 13.7. The molecule has 0 aliphatic carbocycles. The summed E-state index contributed by atoms with van der Waals surface area (Å²) >= 11 is 2.00. The van der Waals surface area contributed by atoms with E-state index < -0.39 is 0 Å². The Kier molecular flexibility index (Phi) is 5.47. The number of hydrogen-bond donors (Lipinski definition) is 1. The Bertz CT molecular complexity index is 510. The number of hydrogen-bond acceptors (Lipinski definition) is 5. The van der Waals surface area contributed by atoms with Crippen molar-refractivity contribution in [3.05, 3.63) is 33.9 Å². The fourth-order valence-electron chi connectivity index (χ4n) is 2.69. The van der Waals surface area contributed by atoms with E-state index in [0.29, 0.717) is 23.5 Å². The molecule has 1 saturated heterocycles. The van der Waals surface area contributed by atoms with E-state index in [2.05, 4.69) is 24.1 Å². The lowest BCUT2D eigenvalue weighted by Gasteiger charge is -2.37. The third-order valence-corrected chi connectivity index (χ3v) is 5.40. The summed E-state index contributed by atoms with van der Waals surface area (Å²) in [5.74, 6) is 1.12. The maximum Gasteiger partial charge on any atom is 0.292 e. The minimum absolute atomic E-state index is 0.168. The Balaban J connectivity index is 2.26. The van der Waals surface area contributed by atoms with Crippen LogP contribution >= 0.6 is 11.8 Å². The molecule has 1 aliphatic heterocycles. The molecule has 0 bridgehead atoms. The molecule has 0 aromatic heterocycles. The van der Waals surface area contributed by atoms with E-state index in [4.69, 9.17) is 0 Å². The van der Waals surface area contributed by atoms with Gasteiger partial charge < -0.3 is 5.32 Å². The summed E-state index contributed by atoms with van der Waals surface area (Å²) in [6.07, 6.45) is 0. The molecule has 0 radical (unpaired) electrons. The summed E-state index contributed by atoms with van der Waals surface area (Å²) in [7, 11) is 0. The number of rotatable bonds is 5. The zero-order chi connectivity index (χ0) is 15.4. The van der Waals surface area contributed by atoms with E-state index in [9.17, 15) is 10.1 Å². The van der Waals surface area contributed by atoms with Gasteiger partial charge in [-0.1, -0.05) is 19.1 Å². The number of nitrogens with zero attached hydrogens (tertiary/aromatic N) is 2. The number of benzene rings is 1. The molecule has 6 heteroatoms. The monoisotopic (exact) mass is 309 g/mol. The SMILES string of the molecule is CCNc1c(CN2CCSC(C)C2C)cccc1[N+](=O)[O-]. The van der Waals surface area contributed by atoms with Crippen molar-refractivity contribution >= 4 is 23.1 Å². The van der Waals surface area contributed by atoms with Gasteiger partial charge in [-0.15, -0.1) is 0 Å². The molecule has 5 nitrogen and oxygen atoms in total. The van der Waals surface area contributed by atoms with E-state index in [-0.39, 0.29) is 10.6 Å². The Morgan fingerprint density at radius 3 is 2.90 bits per heavy atom. The lowest BCUT2D eigenvalue weighted by atomic mass is 10.1. The van der Waals surface area contributed by atoms with Crippen LogP contribution in [0.2, 0.25) is 0 Å². The van der Waals surface area contributed by atoms with E-state index >= 15 is 0 Å². The molecule has 0 saturated carbocycles. The minimum atomic E-state index is -0.306. The van der Waals surface area contributed by atoms with Gasteiger partial charge in [0.15, 0.2) is 0 Å². The molecule has 1 aromatic rings. The van der Waals surface area contributed by atoms with Crippen LogP contribution in [0.1, 0.15) is 26.3 Å². The highest BCUT2D eigenvalue weighted by atomic mass is 32.2. The van der Waals surface area contributed by atoms with E-state index in [1.807, 2.05) is 24.8 Å². The Morgan fingerprint density at radius 2 is 2.24 bits per heavy atom. The second-order valence-electron chi connectivity index (χ2n) is 5.39. The minimum Gasteiger partial charge on any atom is -0.380 e. The maximum atomic E-state index is 11.2. The smallest absolute Gasteiger partial charge is 0.292 e. The van der Waals surface area contributed by atoms with Crippen LogP contribution < -0.4 is 5.32 Å². The average Bonchev–Trinajstić information content (AvgIpc) is 2.45. The maximum absolute atomic E-state index is 11.2. The Labute approximate surface area is 130 Å². The van der Waals surface area contributed by atoms with E-state index in [1.165, 1.54) is 0 Å². The van der Waals surface area contributed by atoms with Crippen LogP contribution in [-0.2, 0) is 6.54 Å². The summed E-state index contributed by atoms with van der Waals surface area (Å²) in [5.41, 5.74) is 1.85. The molecule has 1 aliphatic rings. The van der Waals surface area contributed by atoms with Gasteiger partial charge in [0.1, 0.15) is 5.69 Å². The first-order chi connectivity index (χ1) is 10.0. The van der Waals surface area contributed by atoms with Crippen molar-refractivity contribution in [3.8, 4) is 0 Å². The highest BCUT2D eigenvalue weighted by Crippen LogP contribution is 2.31. The van der Waals surface area contributed by atoms with Crippen LogP contribution in [0, 0.1) is 10.1 Å². The van der Waals surface area contributed by atoms with Gasteiger partial charge in [0, 0.05) is 42.7 Å². The molecule has 1 heterocycles. The van der Waals surface area contributed by atoms with Gasteiger partial charge in [0.25, 0.3) is 5.69 Å². The fourth-order valence-corrected chi connectivity index (χ4v) is 3.85. The first-order valence-electron chi connectivity index (χ1n) is 7.40. The van der Waals surface area contributed by atoms with Crippen molar-refractivity contribution in [2.75, 3.05) is 24.2 Å². The average molecular weight is 309 g/mol. The number of nitro groups is 1. The molecular weight excluding hydrogens is 286 g/mol. The van der Waals surface area contributed by atoms with Crippen molar-refractivity contribution in [2.45, 2.75) is 38.6 Å². The quantitative estimate of drug-likeness (QED) is 0.667. The van der Waals surface area contributed by atoms with Gasteiger partial charge in [-0.25, -0.2) is 0 Å². The Morgan fingerprint density at radius 1 is 1.48 bits per heavy atom. The standard InChI is InChI=1S/C15H23N3O2S/c1-4-16-15-13(6-5-7-14(15)18(19)20)10-17-8-9-21-12(3)11(17)2/h5-7,11-12,16H,4,8-10H2,1-3H3. The van der Waals surface area contributed by atoms with Crippen molar-refractivity contribution < 1.29 is 4.92 Å². The zero-order valence-electron chi connectivity index (χ0n) is 12.8. The number of para-hydroxylation sites is 1. The van der Waals surface area contributed by atoms with Crippen LogP contribution in [0.3, 0.4) is 0 Å². The van der Waals surface area contributed by atoms with E-state index in [0.717, 1.165) is 24.4 Å². The molecular formula is C15H23N3O2S. The Hall–Kier alpha value is -1.27. The van der Waals surface area contributed by atoms with Gasteiger partial charge in [0.2, 0.25) is 0 Å². The fraction of sp³-hybridized carbons (Fsp3) is 0.600. The van der Waals surface area contributed by atoms with Crippen molar-refractivity contribution in [1.82, 2.24) is 4.90 Å². The topological polar surface area (TPSA) is 58.4 Å². The highest BCUT2D eigenvalue weighted by molar-refractivity contribution is 8.00. The summed E-state index contributed by atoms with van der Waals surface area (Å²) < 4.78 is 0. The lowest BCUT2D eigenvalue weighted by Crippen LogP contribution is -2.44. The number of nitro benzene ring substituents is 1. The van der Waals surface area contributed by atoms with Gasteiger partial charge in [-0.05, 0) is 19.4 Å². The molecule has 1 aromatic carbocycles. The van der Waals surface area contributed by atoms with E-state index in [1.54, 1.807) is 12.1 Å². The number of thioether (sulfide) groups is 1. The molecule has 21 heavy (non-hydrogen) atoms. The van der Waals surface area contributed by atoms with Crippen molar-refractivity contribution in [1.29, 1.82) is 0 Å². The van der Waals surface area contributed by atoms with Crippen molar-refractivity contribution in [2.24, 2.45) is 0 Å². The molecule has 116 valence electrons. The third-order valence-electron chi connectivity index (χ3n) is 4.07. The molecule has 2 unspecified atom stereocenters. The summed E-state index contributed by atoms with van der Waals surface area (Å²) in [6, 6.07) is 5.82. The molecule has 0 spiro atoms.